The second kappa shape index (κ2) is 5.74. The molecule has 1 aromatic heterocycles. The van der Waals surface area contributed by atoms with Gasteiger partial charge in [0, 0.05) is 18.3 Å². The van der Waals surface area contributed by atoms with E-state index in [9.17, 15) is 4.57 Å². The van der Waals surface area contributed by atoms with Crippen LogP contribution in [0.1, 0.15) is 37.3 Å². The van der Waals surface area contributed by atoms with E-state index >= 15 is 0 Å². The van der Waals surface area contributed by atoms with Crippen molar-refractivity contribution in [1.82, 2.24) is 9.55 Å². The fraction of sp³-hybridized carbons (Fsp3) is 0.500. The van der Waals surface area contributed by atoms with E-state index in [0.717, 1.165) is 39.9 Å². The summed E-state index contributed by atoms with van der Waals surface area (Å²) in [7, 11) is -0.248. The maximum absolute atomic E-state index is 12.5. The van der Waals surface area contributed by atoms with Crippen molar-refractivity contribution in [2.45, 2.75) is 37.7 Å². The summed E-state index contributed by atoms with van der Waals surface area (Å²) in [5.41, 5.74) is 2.25. The summed E-state index contributed by atoms with van der Waals surface area (Å²) in [5, 5.41) is 0.859. The van der Waals surface area contributed by atoms with Gasteiger partial charge in [-0.25, -0.2) is 4.98 Å². The van der Waals surface area contributed by atoms with Gasteiger partial charge in [0.1, 0.15) is 23.3 Å². The Balaban J connectivity index is 1.82. The molecule has 128 valence electrons. The highest BCUT2D eigenvalue weighted by atomic mass is 79.9. The number of imidazole rings is 1. The summed E-state index contributed by atoms with van der Waals surface area (Å²) in [6.07, 6.45) is 4.95. The zero-order valence-electron chi connectivity index (χ0n) is 14.3. The van der Waals surface area contributed by atoms with Gasteiger partial charge in [-0.15, -0.1) is 0 Å². The largest absolute Gasteiger partial charge is 0.490 e. The molecule has 24 heavy (non-hydrogen) atoms. The van der Waals surface area contributed by atoms with Crippen molar-refractivity contribution < 1.29 is 9.30 Å². The van der Waals surface area contributed by atoms with Crippen molar-refractivity contribution in [2.75, 3.05) is 13.3 Å². The Hall–Kier alpha value is -1.06. The van der Waals surface area contributed by atoms with E-state index in [1.54, 1.807) is 13.3 Å². The Morgan fingerprint density at radius 3 is 2.54 bits per heavy atom. The minimum Gasteiger partial charge on any atom is -0.490 e. The topological polar surface area (TPSA) is 44.1 Å². The molecule has 0 spiro atoms. The molecular weight excluding hydrogens is 387 g/mol. The van der Waals surface area contributed by atoms with Crippen LogP contribution in [0.4, 0.5) is 0 Å². The zero-order chi connectivity index (χ0) is 17.1. The highest BCUT2D eigenvalue weighted by Gasteiger charge is 2.32. The van der Waals surface area contributed by atoms with Crippen LogP contribution in [0, 0.1) is 0 Å². The lowest BCUT2D eigenvalue weighted by Crippen LogP contribution is -2.08. The molecule has 0 saturated heterocycles. The molecule has 2 aliphatic rings. The summed E-state index contributed by atoms with van der Waals surface area (Å²) in [6, 6.07) is 5.92. The van der Waals surface area contributed by atoms with Crippen LogP contribution in [-0.2, 0) is 11.6 Å². The first-order valence-corrected chi connectivity index (χ1v) is 11.8. The van der Waals surface area contributed by atoms with Crippen LogP contribution in [0.5, 0.6) is 5.75 Å². The van der Waals surface area contributed by atoms with Crippen molar-refractivity contribution in [1.29, 1.82) is 0 Å². The van der Waals surface area contributed by atoms with Gasteiger partial charge < -0.3 is 13.9 Å². The summed E-state index contributed by atoms with van der Waals surface area (Å²) in [6.45, 7) is 3.59. The van der Waals surface area contributed by atoms with Crippen LogP contribution >= 0.6 is 23.1 Å². The maximum atomic E-state index is 12.5. The number of nitrogens with zero attached hydrogens (tertiary/aromatic N) is 2. The summed E-state index contributed by atoms with van der Waals surface area (Å²) >= 11 is 3.62. The third kappa shape index (κ3) is 3.09. The first-order chi connectivity index (χ1) is 11.3. The van der Waals surface area contributed by atoms with Gasteiger partial charge >= 0.3 is 0 Å². The molecule has 4 nitrogen and oxygen atoms in total. The molecule has 4 rings (SSSR count). The van der Waals surface area contributed by atoms with Gasteiger partial charge in [-0.05, 0) is 67.1 Å². The van der Waals surface area contributed by atoms with Gasteiger partial charge in [0.15, 0.2) is 0 Å². The zero-order valence-corrected chi connectivity index (χ0v) is 16.7. The van der Waals surface area contributed by atoms with Gasteiger partial charge in [0.2, 0.25) is 0 Å². The van der Waals surface area contributed by atoms with E-state index in [0.29, 0.717) is 12.0 Å². The van der Waals surface area contributed by atoms with E-state index in [-0.39, 0.29) is 0 Å². The molecule has 2 aromatic rings. The van der Waals surface area contributed by atoms with E-state index < -0.39 is 7.14 Å². The van der Waals surface area contributed by atoms with Crippen LogP contribution in [-0.4, -0.2) is 29.0 Å². The van der Waals surface area contributed by atoms with Crippen molar-refractivity contribution in [3.63, 3.8) is 0 Å². The Kier molecular flexibility index (Phi) is 3.92. The molecule has 0 amide bonds. The van der Waals surface area contributed by atoms with Gasteiger partial charge in [-0.3, -0.25) is 0 Å². The molecule has 0 unspecified atom stereocenters. The monoisotopic (exact) mass is 408 g/mol. The molecule has 0 bridgehead atoms. The van der Waals surface area contributed by atoms with Crippen molar-refractivity contribution in [2.24, 2.45) is 7.05 Å². The van der Waals surface area contributed by atoms with E-state index in [1.807, 2.05) is 18.2 Å². The Labute approximate surface area is 151 Å². The Morgan fingerprint density at radius 2 is 1.96 bits per heavy atom. The molecule has 2 saturated carbocycles. The van der Waals surface area contributed by atoms with Crippen LogP contribution in [0.3, 0.4) is 0 Å². The number of aromatic nitrogens is 2. The maximum Gasteiger partial charge on any atom is 0.145 e. The molecule has 6 heteroatoms. The number of benzene rings is 1. The summed E-state index contributed by atoms with van der Waals surface area (Å²) in [4.78, 5) is 4.75. The molecule has 0 aliphatic heterocycles. The van der Waals surface area contributed by atoms with Crippen molar-refractivity contribution >= 4 is 28.4 Å². The third-order valence-corrected chi connectivity index (χ3v) is 6.81. The van der Waals surface area contributed by atoms with E-state index in [4.69, 9.17) is 9.72 Å². The third-order valence-electron chi connectivity index (χ3n) is 4.70. The minimum atomic E-state index is -2.32. The average Bonchev–Trinajstić information content (AvgIpc) is 3.40. The predicted molar refractivity (Wildman–Crippen MR) is 101 cm³/mol. The molecular formula is C18H22BrN2O2P. The Bertz CT molecular complexity index is 847. The average molecular weight is 409 g/mol. The molecule has 2 aliphatic carbocycles. The van der Waals surface area contributed by atoms with Gasteiger partial charge in [0.05, 0.1) is 17.4 Å². The minimum absolute atomic E-state index is 0.290. The first kappa shape index (κ1) is 16.4. The molecule has 2 fully saturated rings. The predicted octanol–water partition coefficient (Wildman–Crippen LogP) is 4.52. The van der Waals surface area contributed by atoms with Crippen LogP contribution < -0.4 is 10.0 Å². The van der Waals surface area contributed by atoms with E-state index in [2.05, 4.69) is 27.5 Å². The molecule has 1 heterocycles. The second-order valence-corrected chi connectivity index (χ2v) is 11.3. The summed E-state index contributed by atoms with van der Waals surface area (Å²) in [5.74, 6) is 2.33. The lowest BCUT2D eigenvalue weighted by Gasteiger charge is -2.15. The van der Waals surface area contributed by atoms with Crippen LogP contribution in [0.2, 0.25) is 0 Å². The number of halogens is 1. The molecule has 0 N–H and O–H groups in total. The first-order valence-electron chi connectivity index (χ1n) is 8.43. The van der Waals surface area contributed by atoms with Crippen LogP contribution in [0.25, 0.3) is 11.4 Å². The SMILES string of the molecule is Cn1c(-c2ccc(P(C)(C)=O)cc2OC2CC2)nc(Br)c1C1CC1. The smallest absolute Gasteiger partial charge is 0.145 e. The normalized spacial score (nSPS) is 18.0. The number of rotatable bonds is 5. The fourth-order valence-corrected chi connectivity index (χ4v) is 4.63. The standard InChI is InChI=1S/C18H22BrN2O2P/c1-21-16(11-4-5-11)17(19)20-18(21)14-9-8-13(24(2,3)22)10-15(14)23-12-6-7-12/h8-12H,4-7H2,1-3H3. The van der Waals surface area contributed by atoms with Crippen LogP contribution in [0.15, 0.2) is 22.8 Å². The molecule has 0 atom stereocenters. The summed E-state index contributed by atoms with van der Waals surface area (Å²) < 4.78 is 21.7. The lowest BCUT2D eigenvalue weighted by atomic mass is 10.2. The molecule has 1 aromatic carbocycles. The molecule has 0 radical (unpaired) electrons. The van der Waals surface area contributed by atoms with E-state index in [1.165, 1.54) is 18.5 Å². The van der Waals surface area contributed by atoms with Crippen molar-refractivity contribution in [3.05, 3.63) is 28.5 Å². The lowest BCUT2D eigenvalue weighted by molar-refractivity contribution is 0.304. The highest BCUT2D eigenvalue weighted by molar-refractivity contribution is 9.10. The fourth-order valence-electron chi connectivity index (χ4n) is 3.01. The number of hydrogen-bond donors (Lipinski definition) is 0. The van der Waals surface area contributed by atoms with Gasteiger partial charge in [0.25, 0.3) is 0 Å². The highest BCUT2D eigenvalue weighted by Crippen LogP contribution is 2.46. The second-order valence-electron chi connectivity index (χ2n) is 7.29. The van der Waals surface area contributed by atoms with Gasteiger partial charge in [-0.1, -0.05) is 6.07 Å². The Morgan fingerprint density at radius 1 is 1.25 bits per heavy atom. The quantitative estimate of drug-likeness (QED) is 0.683. The van der Waals surface area contributed by atoms with Gasteiger partial charge in [-0.2, -0.15) is 0 Å². The van der Waals surface area contributed by atoms with Crippen molar-refractivity contribution in [3.8, 4) is 17.1 Å². The number of hydrogen-bond acceptors (Lipinski definition) is 3. The number of ether oxygens (including phenoxy) is 1.